The average Bonchev–Trinajstić information content (AvgIpc) is 2.91. The summed E-state index contributed by atoms with van der Waals surface area (Å²) in [6.07, 6.45) is 0.316. The molecular formula is C31H37Cl2N3O4S. The van der Waals surface area contributed by atoms with E-state index in [0.29, 0.717) is 34.3 Å². The number of aryl methyl sites for hydroxylation is 2. The van der Waals surface area contributed by atoms with Crippen LogP contribution in [0.1, 0.15) is 43.9 Å². The number of benzene rings is 3. The molecule has 220 valence electrons. The van der Waals surface area contributed by atoms with Gasteiger partial charge >= 0.3 is 0 Å². The first-order chi connectivity index (χ1) is 19.3. The molecule has 3 aromatic rings. The van der Waals surface area contributed by atoms with Crippen LogP contribution in [0.3, 0.4) is 0 Å². The Morgan fingerprint density at radius 2 is 1.61 bits per heavy atom. The summed E-state index contributed by atoms with van der Waals surface area (Å²) in [5.41, 5.74) is 2.68. The number of hydrogen-bond donors (Lipinski definition) is 1. The second-order valence-electron chi connectivity index (χ2n) is 10.5. The number of carbonyl (C=O) groups is 2. The maximum absolute atomic E-state index is 14.1. The van der Waals surface area contributed by atoms with E-state index in [-0.39, 0.29) is 23.3 Å². The van der Waals surface area contributed by atoms with Crippen molar-refractivity contribution in [2.75, 3.05) is 17.4 Å². The average molecular weight is 619 g/mol. The van der Waals surface area contributed by atoms with Gasteiger partial charge in [0.1, 0.15) is 12.6 Å². The number of halogens is 2. The van der Waals surface area contributed by atoms with Crippen molar-refractivity contribution in [3.8, 4) is 0 Å². The topological polar surface area (TPSA) is 86.8 Å². The van der Waals surface area contributed by atoms with Crippen molar-refractivity contribution in [2.45, 2.75) is 58.5 Å². The highest BCUT2D eigenvalue weighted by Crippen LogP contribution is 2.27. The van der Waals surface area contributed by atoms with Gasteiger partial charge in [-0.05, 0) is 73.7 Å². The Morgan fingerprint density at radius 3 is 2.20 bits per heavy atom. The summed E-state index contributed by atoms with van der Waals surface area (Å²) in [5, 5.41) is 3.69. The largest absolute Gasteiger partial charge is 0.354 e. The van der Waals surface area contributed by atoms with E-state index in [4.69, 9.17) is 23.2 Å². The number of sulfonamides is 1. The highest BCUT2D eigenvalue weighted by atomic mass is 35.5. The molecule has 0 bridgehead atoms. The van der Waals surface area contributed by atoms with E-state index >= 15 is 0 Å². The smallest absolute Gasteiger partial charge is 0.264 e. The van der Waals surface area contributed by atoms with Crippen LogP contribution in [0.25, 0.3) is 0 Å². The molecule has 0 aromatic heterocycles. The zero-order valence-corrected chi connectivity index (χ0v) is 26.4. The Morgan fingerprint density at radius 1 is 0.927 bits per heavy atom. The van der Waals surface area contributed by atoms with Crippen LogP contribution < -0.4 is 9.62 Å². The lowest BCUT2D eigenvalue weighted by Crippen LogP contribution is -2.52. The van der Waals surface area contributed by atoms with Crippen LogP contribution in [0.4, 0.5) is 5.69 Å². The van der Waals surface area contributed by atoms with Crippen LogP contribution in [0.2, 0.25) is 10.0 Å². The summed E-state index contributed by atoms with van der Waals surface area (Å²) < 4.78 is 29.0. The van der Waals surface area contributed by atoms with E-state index in [1.807, 2.05) is 40.7 Å². The number of rotatable bonds is 12. The molecule has 3 aromatic carbocycles. The number of nitrogens with one attached hydrogen (secondary N) is 1. The quantitative estimate of drug-likeness (QED) is 0.255. The highest BCUT2D eigenvalue weighted by molar-refractivity contribution is 7.92. The van der Waals surface area contributed by atoms with Gasteiger partial charge in [0.25, 0.3) is 10.0 Å². The summed E-state index contributed by atoms with van der Waals surface area (Å²) >= 11 is 12.6. The van der Waals surface area contributed by atoms with Crippen molar-refractivity contribution in [3.05, 3.63) is 93.5 Å². The third-order valence-corrected chi connectivity index (χ3v) is 8.98. The van der Waals surface area contributed by atoms with Crippen LogP contribution in [-0.4, -0.2) is 44.3 Å². The van der Waals surface area contributed by atoms with Crippen LogP contribution in [0, 0.1) is 19.8 Å². The molecule has 0 saturated carbocycles. The Kier molecular flexibility index (Phi) is 11.2. The predicted molar refractivity (Wildman–Crippen MR) is 166 cm³/mol. The molecule has 7 nitrogen and oxygen atoms in total. The number of hydrogen-bond acceptors (Lipinski definition) is 4. The van der Waals surface area contributed by atoms with Crippen molar-refractivity contribution in [1.29, 1.82) is 0 Å². The molecule has 0 saturated heterocycles. The zero-order valence-electron chi connectivity index (χ0n) is 24.0. The Hall–Kier alpha value is -3.07. The molecule has 0 spiro atoms. The monoisotopic (exact) mass is 617 g/mol. The SMILES string of the molecule is CC[C@@H](C(=O)NCC(C)C)N(Cc1ccc(Cl)cc1Cl)C(=O)CN(c1cccc(C)c1)S(=O)(=O)c1ccc(C)cc1. The standard InChI is InChI=1S/C31H37Cl2N3O4S/c1-6-29(31(38)34-18-21(2)3)35(19-24-12-13-25(32)17-28(24)33)30(37)20-36(26-9-7-8-23(5)16-26)41(39,40)27-14-10-22(4)11-15-27/h7-17,21,29H,6,18-20H2,1-5H3,(H,34,38)/t29-/m0/s1. The molecule has 1 N–H and O–H groups in total. The first kappa shape index (κ1) is 32.4. The van der Waals surface area contributed by atoms with E-state index in [0.717, 1.165) is 15.4 Å². The predicted octanol–water partition coefficient (Wildman–Crippen LogP) is 6.39. The van der Waals surface area contributed by atoms with Crippen molar-refractivity contribution in [2.24, 2.45) is 5.92 Å². The molecule has 0 radical (unpaired) electrons. The van der Waals surface area contributed by atoms with Crippen molar-refractivity contribution < 1.29 is 18.0 Å². The number of amides is 2. The van der Waals surface area contributed by atoms with Crippen LogP contribution in [0.15, 0.2) is 71.6 Å². The third-order valence-electron chi connectivity index (χ3n) is 6.60. The molecule has 0 heterocycles. The molecule has 0 aliphatic carbocycles. The van der Waals surface area contributed by atoms with Gasteiger partial charge in [0.15, 0.2) is 0 Å². The molecule has 41 heavy (non-hydrogen) atoms. The second kappa shape index (κ2) is 14.2. The van der Waals surface area contributed by atoms with Gasteiger partial charge in [-0.25, -0.2) is 8.42 Å². The van der Waals surface area contributed by atoms with E-state index in [9.17, 15) is 18.0 Å². The minimum Gasteiger partial charge on any atom is -0.354 e. The first-order valence-electron chi connectivity index (χ1n) is 13.5. The molecule has 1 atom stereocenters. The third kappa shape index (κ3) is 8.47. The fourth-order valence-corrected chi connectivity index (χ4v) is 6.20. The number of anilines is 1. The Bertz CT molecular complexity index is 1480. The lowest BCUT2D eigenvalue weighted by molar-refractivity contribution is -0.140. The van der Waals surface area contributed by atoms with Gasteiger partial charge in [-0.1, -0.05) is 79.9 Å². The fourth-order valence-electron chi connectivity index (χ4n) is 4.32. The lowest BCUT2D eigenvalue weighted by Gasteiger charge is -2.33. The van der Waals surface area contributed by atoms with Crippen molar-refractivity contribution >= 4 is 50.7 Å². The van der Waals surface area contributed by atoms with Crippen molar-refractivity contribution in [1.82, 2.24) is 10.2 Å². The van der Waals surface area contributed by atoms with Gasteiger partial charge < -0.3 is 10.2 Å². The Labute approximate surface area is 253 Å². The Balaban J connectivity index is 2.07. The second-order valence-corrected chi connectivity index (χ2v) is 13.2. The highest BCUT2D eigenvalue weighted by Gasteiger charge is 2.34. The molecule has 2 amide bonds. The molecular weight excluding hydrogens is 581 g/mol. The molecule has 3 rings (SSSR count). The summed E-state index contributed by atoms with van der Waals surface area (Å²) in [7, 11) is -4.14. The van der Waals surface area contributed by atoms with Gasteiger partial charge in [0.05, 0.1) is 10.6 Å². The zero-order chi connectivity index (χ0) is 30.3. The summed E-state index contributed by atoms with van der Waals surface area (Å²) in [6, 6.07) is 17.5. The maximum Gasteiger partial charge on any atom is 0.264 e. The summed E-state index contributed by atoms with van der Waals surface area (Å²) in [5.74, 6) is -0.648. The van der Waals surface area contributed by atoms with E-state index in [1.54, 1.807) is 48.5 Å². The normalized spacial score (nSPS) is 12.2. The minimum atomic E-state index is -4.14. The molecule has 0 aliphatic rings. The summed E-state index contributed by atoms with van der Waals surface area (Å²) in [4.78, 5) is 28.9. The summed E-state index contributed by atoms with van der Waals surface area (Å²) in [6.45, 7) is 9.41. The molecule has 0 aliphatic heterocycles. The van der Waals surface area contributed by atoms with E-state index in [2.05, 4.69) is 5.32 Å². The molecule has 0 fully saturated rings. The van der Waals surface area contributed by atoms with Gasteiger partial charge in [0, 0.05) is 23.1 Å². The van der Waals surface area contributed by atoms with E-state index in [1.165, 1.54) is 17.0 Å². The van der Waals surface area contributed by atoms with Crippen molar-refractivity contribution in [3.63, 3.8) is 0 Å². The van der Waals surface area contributed by atoms with Gasteiger partial charge in [-0.2, -0.15) is 0 Å². The number of carbonyl (C=O) groups excluding carboxylic acids is 2. The first-order valence-corrected chi connectivity index (χ1v) is 15.7. The maximum atomic E-state index is 14.1. The lowest BCUT2D eigenvalue weighted by atomic mass is 10.1. The van der Waals surface area contributed by atoms with Crippen LogP contribution in [0.5, 0.6) is 0 Å². The number of nitrogens with zero attached hydrogens (tertiary/aromatic N) is 2. The van der Waals surface area contributed by atoms with Crippen LogP contribution >= 0.6 is 23.2 Å². The fraction of sp³-hybridized carbons (Fsp3) is 0.355. The van der Waals surface area contributed by atoms with Gasteiger partial charge in [-0.3, -0.25) is 13.9 Å². The molecule has 0 unspecified atom stereocenters. The van der Waals surface area contributed by atoms with Gasteiger partial charge in [-0.15, -0.1) is 0 Å². The van der Waals surface area contributed by atoms with E-state index < -0.39 is 28.5 Å². The minimum absolute atomic E-state index is 0.00528. The van der Waals surface area contributed by atoms with Gasteiger partial charge in [0.2, 0.25) is 11.8 Å². The molecule has 10 heteroatoms. The van der Waals surface area contributed by atoms with Crippen LogP contribution in [-0.2, 0) is 26.2 Å².